The van der Waals surface area contributed by atoms with Crippen molar-refractivity contribution in [1.82, 2.24) is 9.80 Å². The molecule has 2 aliphatic rings. The van der Waals surface area contributed by atoms with Gasteiger partial charge in [-0.1, -0.05) is 19.1 Å². The van der Waals surface area contributed by atoms with Gasteiger partial charge in [0.15, 0.2) is 9.84 Å². The molecular weight excluding hydrogens is 312 g/mol. The first-order chi connectivity index (χ1) is 11.0. The number of likely N-dealkylation sites (N-methyl/N-ethyl adjacent to an activating group) is 1. The number of benzene rings is 1. The largest absolute Gasteiger partial charge is 0.340 e. The Kier molecular flexibility index (Phi) is 4.73. The second kappa shape index (κ2) is 6.61. The van der Waals surface area contributed by atoms with Crippen molar-refractivity contribution >= 4 is 15.7 Å². The van der Waals surface area contributed by atoms with E-state index < -0.39 is 9.84 Å². The van der Waals surface area contributed by atoms with Crippen LogP contribution < -0.4 is 0 Å². The fourth-order valence-electron chi connectivity index (χ4n) is 3.40. The highest BCUT2D eigenvalue weighted by atomic mass is 32.2. The van der Waals surface area contributed by atoms with Crippen molar-refractivity contribution in [2.24, 2.45) is 0 Å². The van der Waals surface area contributed by atoms with Crippen molar-refractivity contribution in [2.75, 3.05) is 38.5 Å². The third-order valence-electron chi connectivity index (χ3n) is 4.85. The molecule has 1 fully saturated rings. The van der Waals surface area contributed by atoms with Crippen molar-refractivity contribution < 1.29 is 13.2 Å². The molecule has 0 atom stereocenters. The number of hydrogen-bond donors (Lipinski definition) is 0. The van der Waals surface area contributed by atoms with Gasteiger partial charge in [-0.05, 0) is 36.6 Å². The van der Waals surface area contributed by atoms with Crippen molar-refractivity contribution in [3.8, 4) is 0 Å². The first kappa shape index (κ1) is 16.5. The van der Waals surface area contributed by atoms with Crippen molar-refractivity contribution in [3.05, 3.63) is 29.3 Å². The Morgan fingerprint density at radius 1 is 1.17 bits per heavy atom. The molecule has 1 amide bonds. The quantitative estimate of drug-likeness (QED) is 0.830. The Hall–Kier alpha value is -1.40. The SMILES string of the molecule is CCN1CCN(C(=O)Cc2ccc3c(c2)CCCS3(=O)=O)CC1. The van der Waals surface area contributed by atoms with Gasteiger partial charge in [-0.15, -0.1) is 0 Å². The van der Waals surface area contributed by atoms with E-state index in [1.165, 1.54) is 0 Å². The second-order valence-electron chi connectivity index (χ2n) is 6.36. The monoisotopic (exact) mass is 336 g/mol. The third kappa shape index (κ3) is 3.58. The van der Waals surface area contributed by atoms with E-state index in [9.17, 15) is 13.2 Å². The van der Waals surface area contributed by atoms with E-state index in [-0.39, 0.29) is 11.7 Å². The van der Waals surface area contributed by atoms with Gasteiger partial charge in [-0.25, -0.2) is 8.42 Å². The lowest BCUT2D eigenvalue weighted by Crippen LogP contribution is -2.48. The minimum atomic E-state index is -3.12. The van der Waals surface area contributed by atoms with Gasteiger partial charge in [0.2, 0.25) is 5.91 Å². The van der Waals surface area contributed by atoms with Gasteiger partial charge < -0.3 is 9.80 Å². The van der Waals surface area contributed by atoms with Crippen LogP contribution in [0.1, 0.15) is 24.5 Å². The maximum Gasteiger partial charge on any atom is 0.227 e. The van der Waals surface area contributed by atoms with E-state index in [4.69, 9.17) is 0 Å². The van der Waals surface area contributed by atoms with Crippen LogP contribution in [-0.4, -0.2) is 62.6 Å². The van der Waals surface area contributed by atoms with E-state index in [0.717, 1.165) is 50.3 Å². The molecule has 126 valence electrons. The molecule has 0 saturated carbocycles. The molecule has 0 unspecified atom stereocenters. The molecule has 1 aromatic rings. The molecule has 23 heavy (non-hydrogen) atoms. The van der Waals surface area contributed by atoms with Crippen LogP contribution in [0, 0.1) is 0 Å². The first-order valence-corrected chi connectivity index (χ1v) is 9.99. The fraction of sp³-hybridized carbons (Fsp3) is 0.588. The molecule has 0 bridgehead atoms. The number of piperazine rings is 1. The lowest BCUT2D eigenvalue weighted by Gasteiger charge is -2.34. The van der Waals surface area contributed by atoms with Crippen molar-refractivity contribution in [1.29, 1.82) is 0 Å². The van der Waals surface area contributed by atoms with Gasteiger partial charge in [0.25, 0.3) is 0 Å². The lowest BCUT2D eigenvalue weighted by molar-refractivity contribution is -0.132. The average Bonchev–Trinajstić information content (AvgIpc) is 2.54. The molecule has 6 heteroatoms. The molecule has 1 aromatic carbocycles. The predicted octanol–water partition coefficient (Wildman–Crippen LogP) is 1.11. The Morgan fingerprint density at radius 3 is 2.61 bits per heavy atom. The van der Waals surface area contributed by atoms with Gasteiger partial charge in [-0.2, -0.15) is 0 Å². The Labute approximate surface area is 138 Å². The first-order valence-electron chi connectivity index (χ1n) is 8.34. The summed E-state index contributed by atoms with van der Waals surface area (Å²) in [6.07, 6.45) is 1.82. The van der Waals surface area contributed by atoms with Crippen LogP contribution in [0.5, 0.6) is 0 Å². The zero-order valence-corrected chi connectivity index (χ0v) is 14.4. The smallest absolute Gasteiger partial charge is 0.227 e. The zero-order chi connectivity index (χ0) is 16.4. The van der Waals surface area contributed by atoms with E-state index in [1.807, 2.05) is 11.0 Å². The summed E-state index contributed by atoms with van der Waals surface area (Å²) in [4.78, 5) is 17.2. The molecule has 5 nitrogen and oxygen atoms in total. The van der Waals surface area contributed by atoms with Crippen molar-refractivity contribution in [2.45, 2.75) is 31.1 Å². The predicted molar refractivity (Wildman–Crippen MR) is 89.2 cm³/mol. The summed E-state index contributed by atoms with van der Waals surface area (Å²) in [7, 11) is -3.12. The normalized spacial score (nSPS) is 21.0. The van der Waals surface area contributed by atoms with E-state index in [0.29, 0.717) is 17.7 Å². The molecule has 0 aromatic heterocycles. The Morgan fingerprint density at radius 2 is 1.91 bits per heavy atom. The minimum Gasteiger partial charge on any atom is -0.340 e. The molecule has 3 rings (SSSR count). The van der Waals surface area contributed by atoms with Crippen LogP contribution in [0.25, 0.3) is 0 Å². The lowest BCUT2D eigenvalue weighted by atomic mass is 10.0. The number of amides is 1. The number of carbonyl (C=O) groups excluding carboxylic acids is 1. The van der Waals surface area contributed by atoms with Crippen LogP contribution in [0.2, 0.25) is 0 Å². The summed E-state index contributed by atoms with van der Waals surface area (Å²) in [5, 5.41) is 0. The number of fused-ring (bicyclic) bond motifs is 1. The van der Waals surface area contributed by atoms with Gasteiger partial charge in [0.1, 0.15) is 0 Å². The third-order valence-corrected chi connectivity index (χ3v) is 6.74. The molecule has 0 spiro atoms. The van der Waals surface area contributed by atoms with Crippen LogP contribution in [0.4, 0.5) is 0 Å². The summed E-state index contributed by atoms with van der Waals surface area (Å²) >= 11 is 0. The standard InChI is InChI=1S/C17H24N2O3S/c1-2-18-7-9-19(10-8-18)17(20)13-14-5-6-16-15(12-14)4-3-11-23(16,21)22/h5-6,12H,2-4,7-11,13H2,1H3. The number of hydrogen-bond acceptors (Lipinski definition) is 4. The number of nitrogens with zero attached hydrogens (tertiary/aromatic N) is 2. The van der Waals surface area contributed by atoms with Crippen LogP contribution >= 0.6 is 0 Å². The summed E-state index contributed by atoms with van der Waals surface area (Å²) in [6.45, 7) is 6.60. The molecule has 1 saturated heterocycles. The molecule has 0 N–H and O–H groups in total. The van der Waals surface area contributed by atoms with Crippen molar-refractivity contribution in [3.63, 3.8) is 0 Å². The van der Waals surface area contributed by atoms with Gasteiger partial charge in [-0.3, -0.25) is 4.79 Å². The highest BCUT2D eigenvalue weighted by Crippen LogP contribution is 2.26. The van der Waals surface area contributed by atoms with Crippen LogP contribution in [0.3, 0.4) is 0 Å². The number of aryl methyl sites for hydroxylation is 1. The molecule has 0 radical (unpaired) electrons. The highest BCUT2D eigenvalue weighted by Gasteiger charge is 2.24. The summed E-state index contributed by atoms with van der Waals surface area (Å²) < 4.78 is 24.1. The summed E-state index contributed by atoms with van der Waals surface area (Å²) in [6, 6.07) is 5.38. The fourth-order valence-corrected chi connectivity index (χ4v) is 4.98. The maximum atomic E-state index is 12.4. The van der Waals surface area contributed by atoms with E-state index in [1.54, 1.807) is 12.1 Å². The second-order valence-corrected chi connectivity index (χ2v) is 8.43. The van der Waals surface area contributed by atoms with Gasteiger partial charge in [0, 0.05) is 26.2 Å². The van der Waals surface area contributed by atoms with Crippen LogP contribution in [-0.2, 0) is 27.5 Å². The topological polar surface area (TPSA) is 57.7 Å². The Bertz CT molecular complexity index is 692. The maximum absolute atomic E-state index is 12.4. The van der Waals surface area contributed by atoms with Gasteiger partial charge >= 0.3 is 0 Å². The minimum absolute atomic E-state index is 0.138. The number of sulfone groups is 1. The highest BCUT2D eigenvalue weighted by molar-refractivity contribution is 7.91. The summed E-state index contributed by atoms with van der Waals surface area (Å²) in [5.74, 6) is 0.374. The van der Waals surface area contributed by atoms with E-state index >= 15 is 0 Å². The van der Waals surface area contributed by atoms with Crippen LogP contribution in [0.15, 0.2) is 23.1 Å². The van der Waals surface area contributed by atoms with E-state index in [2.05, 4.69) is 11.8 Å². The Balaban J connectivity index is 1.68. The average molecular weight is 336 g/mol. The number of rotatable bonds is 3. The zero-order valence-electron chi connectivity index (χ0n) is 13.6. The molecular formula is C17H24N2O3S. The molecule has 2 heterocycles. The van der Waals surface area contributed by atoms with Gasteiger partial charge in [0.05, 0.1) is 17.1 Å². The number of carbonyl (C=O) groups is 1. The molecule has 0 aliphatic carbocycles. The summed E-state index contributed by atoms with van der Waals surface area (Å²) in [5.41, 5.74) is 1.79. The molecule has 2 aliphatic heterocycles.